The SMILES string of the molecule is Cc1cc(-c2cccc(C#C[C@]3(O)CCN(C)C3=O)c2)nc2c(N)ncnc12. The molecule has 0 spiro atoms. The summed E-state index contributed by atoms with van der Waals surface area (Å²) in [6, 6.07) is 9.41. The van der Waals surface area contributed by atoms with Gasteiger partial charge in [-0.05, 0) is 30.7 Å². The molecule has 0 saturated carbocycles. The third-order valence-electron chi connectivity index (χ3n) is 4.89. The molecule has 0 aliphatic carbocycles. The Morgan fingerprint density at radius 3 is 2.82 bits per heavy atom. The number of rotatable bonds is 1. The number of nitrogen functional groups attached to an aromatic ring is 1. The molecule has 0 radical (unpaired) electrons. The zero-order chi connectivity index (χ0) is 19.9. The fourth-order valence-electron chi connectivity index (χ4n) is 3.27. The number of carbonyl (C=O) groups excluding carboxylic acids is 1. The Morgan fingerprint density at radius 2 is 2.07 bits per heavy atom. The van der Waals surface area contributed by atoms with Gasteiger partial charge in [-0.1, -0.05) is 24.0 Å². The van der Waals surface area contributed by atoms with E-state index in [1.807, 2.05) is 37.3 Å². The van der Waals surface area contributed by atoms with Crippen molar-refractivity contribution in [3.8, 4) is 23.1 Å². The van der Waals surface area contributed by atoms with Crippen LogP contribution in [0.15, 0.2) is 36.7 Å². The molecule has 2 aromatic heterocycles. The second-order valence-electron chi connectivity index (χ2n) is 6.95. The second-order valence-corrected chi connectivity index (χ2v) is 6.95. The molecule has 3 N–H and O–H groups in total. The molecule has 4 rings (SSSR count). The molecule has 1 aliphatic rings. The number of aromatic nitrogens is 3. The quantitative estimate of drug-likeness (QED) is 0.627. The van der Waals surface area contributed by atoms with Gasteiger partial charge in [0.2, 0.25) is 5.60 Å². The molecule has 140 valence electrons. The Bertz CT molecular complexity index is 1160. The highest BCUT2D eigenvalue weighted by Gasteiger charge is 2.42. The van der Waals surface area contributed by atoms with Gasteiger partial charge in [-0.25, -0.2) is 15.0 Å². The highest BCUT2D eigenvalue weighted by Crippen LogP contribution is 2.26. The Hall–Kier alpha value is -3.50. The number of amides is 1. The number of benzene rings is 1. The van der Waals surface area contributed by atoms with Gasteiger partial charge in [0.05, 0.1) is 11.2 Å². The molecule has 1 aliphatic heterocycles. The maximum atomic E-state index is 12.1. The van der Waals surface area contributed by atoms with Crippen molar-refractivity contribution in [2.45, 2.75) is 18.9 Å². The molecule has 7 nitrogen and oxygen atoms in total. The number of nitrogens with two attached hydrogens (primary N) is 1. The van der Waals surface area contributed by atoms with E-state index < -0.39 is 5.60 Å². The van der Waals surface area contributed by atoms with E-state index in [9.17, 15) is 9.90 Å². The van der Waals surface area contributed by atoms with Crippen molar-refractivity contribution in [2.75, 3.05) is 19.3 Å². The number of likely N-dealkylation sites (N-methyl/N-ethyl adjacent to an activating group) is 1. The van der Waals surface area contributed by atoms with E-state index >= 15 is 0 Å². The number of carbonyl (C=O) groups is 1. The Labute approximate surface area is 162 Å². The van der Waals surface area contributed by atoms with Gasteiger partial charge in [0.1, 0.15) is 11.8 Å². The van der Waals surface area contributed by atoms with Crippen LogP contribution in [0.2, 0.25) is 0 Å². The van der Waals surface area contributed by atoms with Crippen LogP contribution in [0.25, 0.3) is 22.3 Å². The largest absolute Gasteiger partial charge is 0.382 e. The lowest BCUT2D eigenvalue weighted by Gasteiger charge is -2.13. The van der Waals surface area contributed by atoms with Gasteiger partial charge in [0.25, 0.3) is 5.91 Å². The number of likely N-dealkylation sites (tertiary alicyclic amines) is 1. The summed E-state index contributed by atoms with van der Waals surface area (Å²) in [5, 5.41) is 10.5. The second kappa shape index (κ2) is 6.59. The summed E-state index contributed by atoms with van der Waals surface area (Å²) in [6.07, 6.45) is 1.73. The van der Waals surface area contributed by atoms with Gasteiger partial charge < -0.3 is 15.7 Å². The van der Waals surface area contributed by atoms with Crippen molar-refractivity contribution >= 4 is 22.8 Å². The highest BCUT2D eigenvalue weighted by atomic mass is 16.3. The molecular weight excluding hydrogens is 354 g/mol. The van der Waals surface area contributed by atoms with Gasteiger partial charge in [-0.2, -0.15) is 0 Å². The molecule has 1 amide bonds. The molecule has 1 fully saturated rings. The molecule has 3 heterocycles. The summed E-state index contributed by atoms with van der Waals surface area (Å²) in [5.74, 6) is 5.63. The van der Waals surface area contributed by atoms with Crippen molar-refractivity contribution in [1.82, 2.24) is 19.9 Å². The molecule has 1 atom stereocenters. The van der Waals surface area contributed by atoms with E-state index in [1.54, 1.807) is 7.05 Å². The lowest BCUT2D eigenvalue weighted by molar-refractivity contribution is -0.137. The van der Waals surface area contributed by atoms with E-state index in [0.29, 0.717) is 29.9 Å². The Morgan fingerprint density at radius 1 is 1.25 bits per heavy atom. The number of hydrogen-bond donors (Lipinski definition) is 2. The molecule has 0 bridgehead atoms. The topological polar surface area (TPSA) is 105 Å². The Kier molecular flexibility index (Phi) is 4.21. The summed E-state index contributed by atoms with van der Waals surface area (Å²) in [6.45, 7) is 2.44. The first kappa shape index (κ1) is 17.9. The lowest BCUT2D eigenvalue weighted by atomic mass is 10.0. The number of aryl methyl sites for hydroxylation is 1. The van der Waals surface area contributed by atoms with Gasteiger partial charge in [-0.15, -0.1) is 0 Å². The molecule has 0 unspecified atom stereocenters. The predicted molar refractivity (Wildman–Crippen MR) is 106 cm³/mol. The van der Waals surface area contributed by atoms with E-state index in [-0.39, 0.29) is 5.91 Å². The maximum Gasteiger partial charge on any atom is 0.267 e. The van der Waals surface area contributed by atoms with Crippen LogP contribution in [0, 0.1) is 18.8 Å². The van der Waals surface area contributed by atoms with Crippen LogP contribution in [0.3, 0.4) is 0 Å². The maximum absolute atomic E-state index is 12.1. The molecule has 1 saturated heterocycles. The van der Waals surface area contributed by atoms with E-state index in [4.69, 9.17) is 5.73 Å². The summed E-state index contributed by atoms with van der Waals surface area (Å²) in [4.78, 5) is 26.4. The van der Waals surface area contributed by atoms with Crippen LogP contribution >= 0.6 is 0 Å². The van der Waals surface area contributed by atoms with Gasteiger partial charge in [-0.3, -0.25) is 4.79 Å². The lowest BCUT2D eigenvalue weighted by Crippen LogP contribution is -2.37. The van der Waals surface area contributed by atoms with Crippen molar-refractivity contribution in [3.05, 3.63) is 47.8 Å². The third-order valence-corrected chi connectivity index (χ3v) is 4.89. The standard InChI is InChI=1S/C21H19N5O2/c1-13-10-16(25-18-17(13)23-12-24-19(18)22)15-5-3-4-14(11-15)6-7-21(28)8-9-26(2)20(21)27/h3-5,10-12,28H,8-9H2,1-2H3,(H2,22,23,24)/t21-/m0/s1. The van der Waals surface area contributed by atoms with E-state index in [1.165, 1.54) is 11.2 Å². The fraction of sp³-hybridized carbons (Fsp3) is 0.238. The summed E-state index contributed by atoms with van der Waals surface area (Å²) in [7, 11) is 1.66. The number of hydrogen-bond acceptors (Lipinski definition) is 6. The molecular formula is C21H19N5O2. The average Bonchev–Trinajstić information content (AvgIpc) is 2.95. The van der Waals surface area contributed by atoms with Crippen LogP contribution in [0.4, 0.5) is 5.82 Å². The number of pyridine rings is 1. The van der Waals surface area contributed by atoms with Gasteiger partial charge in [0, 0.05) is 31.1 Å². The molecule has 1 aromatic carbocycles. The van der Waals surface area contributed by atoms with Crippen molar-refractivity contribution in [3.63, 3.8) is 0 Å². The minimum absolute atomic E-state index is 0.305. The smallest absolute Gasteiger partial charge is 0.267 e. The highest BCUT2D eigenvalue weighted by molar-refractivity contribution is 5.91. The predicted octanol–water partition coefficient (Wildman–Crippen LogP) is 1.53. The van der Waals surface area contributed by atoms with Crippen LogP contribution in [0.1, 0.15) is 17.5 Å². The summed E-state index contributed by atoms with van der Waals surface area (Å²) >= 11 is 0. The van der Waals surface area contributed by atoms with Crippen LogP contribution < -0.4 is 5.73 Å². The normalized spacial score (nSPS) is 19.0. The fourth-order valence-corrected chi connectivity index (χ4v) is 3.27. The van der Waals surface area contributed by atoms with Crippen molar-refractivity contribution < 1.29 is 9.90 Å². The molecule has 28 heavy (non-hydrogen) atoms. The minimum Gasteiger partial charge on any atom is -0.382 e. The van der Waals surface area contributed by atoms with Crippen LogP contribution in [0.5, 0.6) is 0 Å². The zero-order valence-electron chi connectivity index (χ0n) is 15.6. The number of fused-ring (bicyclic) bond motifs is 1. The number of nitrogens with zero attached hydrogens (tertiary/aromatic N) is 4. The first-order valence-corrected chi connectivity index (χ1v) is 8.87. The van der Waals surface area contributed by atoms with Gasteiger partial charge >= 0.3 is 0 Å². The van der Waals surface area contributed by atoms with Crippen LogP contribution in [-0.2, 0) is 4.79 Å². The number of anilines is 1. The molecule has 7 heteroatoms. The minimum atomic E-state index is -1.62. The summed E-state index contributed by atoms with van der Waals surface area (Å²) in [5.41, 5.74) is 8.83. The zero-order valence-corrected chi connectivity index (χ0v) is 15.6. The monoisotopic (exact) mass is 373 g/mol. The summed E-state index contributed by atoms with van der Waals surface area (Å²) < 4.78 is 0. The molecule has 3 aromatic rings. The van der Waals surface area contributed by atoms with E-state index in [0.717, 1.165) is 22.3 Å². The van der Waals surface area contributed by atoms with Crippen molar-refractivity contribution in [1.29, 1.82) is 0 Å². The third kappa shape index (κ3) is 3.04. The Balaban J connectivity index is 1.73. The first-order valence-electron chi connectivity index (χ1n) is 8.87. The van der Waals surface area contributed by atoms with E-state index in [2.05, 4.69) is 26.8 Å². The van der Waals surface area contributed by atoms with Gasteiger partial charge in [0.15, 0.2) is 5.82 Å². The van der Waals surface area contributed by atoms with Crippen LogP contribution in [-0.4, -0.2) is 50.1 Å². The number of aliphatic hydroxyl groups is 1. The average molecular weight is 373 g/mol. The first-order chi connectivity index (χ1) is 13.4. The van der Waals surface area contributed by atoms with Crippen molar-refractivity contribution in [2.24, 2.45) is 0 Å².